The van der Waals surface area contributed by atoms with Gasteiger partial charge in [0.15, 0.2) is 5.76 Å². The summed E-state index contributed by atoms with van der Waals surface area (Å²) < 4.78 is 32.0. The van der Waals surface area contributed by atoms with Crippen LogP contribution in [0.2, 0.25) is 0 Å². The molecule has 9 nitrogen and oxygen atoms in total. The summed E-state index contributed by atoms with van der Waals surface area (Å²) in [6, 6.07) is 7.30. The van der Waals surface area contributed by atoms with Crippen molar-refractivity contribution in [3.05, 3.63) is 53.8 Å². The van der Waals surface area contributed by atoms with Crippen LogP contribution < -0.4 is 5.32 Å². The van der Waals surface area contributed by atoms with Gasteiger partial charge in [-0.15, -0.1) is 0 Å². The van der Waals surface area contributed by atoms with Gasteiger partial charge < -0.3 is 9.84 Å². The number of nitrogens with one attached hydrogen (secondary N) is 1. The molecule has 1 aliphatic heterocycles. The fraction of sp³-hybridized carbons (Fsp3) is 0.294. The lowest BCUT2D eigenvalue weighted by Crippen LogP contribution is -2.48. The van der Waals surface area contributed by atoms with E-state index in [1.807, 2.05) is 18.2 Å². The number of anilines is 2. The summed E-state index contributed by atoms with van der Waals surface area (Å²) in [4.78, 5) is 13.0. The number of sulfonamides is 1. The minimum absolute atomic E-state index is 0.00697. The van der Waals surface area contributed by atoms with E-state index in [1.165, 1.54) is 4.31 Å². The summed E-state index contributed by atoms with van der Waals surface area (Å²) in [5, 5.41) is 6.78. The van der Waals surface area contributed by atoms with Crippen molar-refractivity contribution in [2.75, 3.05) is 18.4 Å². The van der Waals surface area contributed by atoms with E-state index in [-0.39, 0.29) is 10.8 Å². The van der Waals surface area contributed by atoms with Crippen LogP contribution in [0.1, 0.15) is 23.1 Å². The zero-order chi connectivity index (χ0) is 19.0. The highest BCUT2D eigenvalue weighted by atomic mass is 32.2. The number of rotatable bonds is 5. The Morgan fingerprint density at radius 1 is 1.15 bits per heavy atom. The van der Waals surface area contributed by atoms with E-state index in [1.54, 1.807) is 32.3 Å². The van der Waals surface area contributed by atoms with Crippen molar-refractivity contribution in [1.29, 1.82) is 0 Å². The van der Waals surface area contributed by atoms with E-state index in [0.29, 0.717) is 36.3 Å². The third-order valence-corrected chi connectivity index (χ3v) is 6.49. The number of pyridine rings is 1. The molecule has 3 aromatic rings. The molecule has 27 heavy (non-hydrogen) atoms. The van der Waals surface area contributed by atoms with Gasteiger partial charge in [-0.25, -0.2) is 23.4 Å². The first-order chi connectivity index (χ1) is 12.9. The Hall–Kier alpha value is -2.85. The van der Waals surface area contributed by atoms with Crippen LogP contribution in [0.5, 0.6) is 0 Å². The van der Waals surface area contributed by atoms with Gasteiger partial charge >= 0.3 is 0 Å². The molecule has 10 heteroatoms. The number of hydrogen-bond donors (Lipinski definition) is 1. The van der Waals surface area contributed by atoms with Gasteiger partial charge in [-0.2, -0.15) is 4.31 Å². The van der Waals surface area contributed by atoms with E-state index in [9.17, 15) is 8.42 Å². The second kappa shape index (κ2) is 6.71. The smallest absolute Gasteiger partial charge is 0.248 e. The molecule has 0 bridgehead atoms. The van der Waals surface area contributed by atoms with Gasteiger partial charge in [0, 0.05) is 31.4 Å². The Bertz CT molecular complexity index is 1040. The fourth-order valence-electron chi connectivity index (χ4n) is 3.00. The van der Waals surface area contributed by atoms with Crippen LogP contribution in [0.3, 0.4) is 0 Å². The van der Waals surface area contributed by atoms with Crippen molar-refractivity contribution in [3.8, 4) is 0 Å². The van der Waals surface area contributed by atoms with Crippen molar-refractivity contribution in [3.63, 3.8) is 0 Å². The molecule has 0 saturated carbocycles. The van der Waals surface area contributed by atoms with Gasteiger partial charge in [0.25, 0.3) is 0 Å². The zero-order valence-corrected chi connectivity index (χ0v) is 15.6. The highest BCUT2D eigenvalue weighted by Crippen LogP contribution is 2.33. The zero-order valence-electron chi connectivity index (χ0n) is 14.8. The molecule has 0 spiro atoms. The van der Waals surface area contributed by atoms with Crippen LogP contribution >= 0.6 is 0 Å². The standard InChI is InChI=1S/C17H18N6O3S/c1-11-16(12(2)26-22-11)27(24,25)23-9-13(10-23)14-6-8-19-17(20-14)21-15-5-3-4-7-18-15/h3-8,13H,9-10H2,1-2H3,(H,18,19,20,21). The molecule has 140 valence electrons. The van der Waals surface area contributed by atoms with Gasteiger partial charge in [-0.05, 0) is 32.0 Å². The molecule has 0 amide bonds. The van der Waals surface area contributed by atoms with Crippen LogP contribution in [0.25, 0.3) is 0 Å². The van der Waals surface area contributed by atoms with Gasteiger partial charge in [-0.1, -0.05) is 11.2 Å². The third kappa shape index (κ3) is 3.28. The van der Waals surface area contributed by atoms with Crippen LogP contribution in [0, 0.1) is 13.8 Å². The Morgan fingerprint density at radius 2 is 1.96 bits per heavy atom. The first kappa shape index (κ1) is 17.6. The minimum Gasteiger partial charge on any atom is -0.360 e. The lowest BCUT2D eigenvalue weighted by atomic mass is 9.99. The van der Waals surface area contributed by atoms with Crippen LogP contribution in [0.15, 0.2) is 46.1 Å². The molecule has 4 heterocycles. The van der Waals surface area contributed by atoms with E-state index in [4.69, 9.17) is 4.52 Å². The van der Waals surface area contributed by atoms with Crippen molar-refractivity contribution in [1.82, 2.24) is 24.4 Å². The molecule has 0 unspecified atom stereocenters. The molecule has 3 aromatic heterocycles. The summed E-state index contributed by atoms with van der Waals surface area (Å²) in [5.41, 5.74) is 1.16. The molecular formula is C17H18N6O3S. The number of aryl methyl sites for hydroxylation is 2. The van der Waals surface area contributed by atoms with Gasteiger partial charge in [0.2, 0.25) is 16.0 Å². The number of aromatic nitrogens is 4. The molecule has 0 radical (unpaired) electrons. The molecule has 1 N–H and O–H groups in total. The van der Waals surface area contributed by atoms with Crippen molar-refractivity contribution in [2.45, 2.75) is 24.7 Å². The second-order valence-electron chi connectivity index (χ2n) is 6.32. The highest BCUT2D eigenvalue weighted by molar-refractivity contribution is 7.89. The van der Waals surface area contributed by atoms with Crippen molar-refractivity contribution < 1.29 is 12.9 Å². The van der Waals surface area contributed by atoms with E-state index in [2.05, 4.69) is 25.4 Å². The number of hydrogen-bond acceptors (Lipinski definition) is 8. The Balaban J connectivity index is 1.48. The van der Waals surface area contributed by atoms with Crippen molar-refractivity contribution >= 4 is 21.8 Å². The molecule has 4 rings (SSSR count). The SMILES string of the molecule is Cc1noc(C)c1S(=O)(=O)N1CC(c2ccnc(Nc3ccccn3)n2)C1. The fourth-order valence-corrected chi connectivity index (χ4v) is 4.83. The molecule has 0 aromatic carbocycles. The van der Waals surface area contributed by atoms with Gasteiger partial charge in [-0.3, -0.25) is 0 Å². The first-order valence-electron chi connectivity index (χ1n) is 8.39. The van der Waals surface area contributed by atoms with Gasteiger partial charge in [0.05, 0.1) is 5.69 Å². The Labute approximate surface area is 156 Å². The van der Waals surface area contributed by atoms with Crippen LogP contribution in [-0.2, 0) is 10.0 Å². The molecule has 0 atom stereocenters. The lowest BCUT2D eigenvalue weighted by Gasteiger charge is -2.37. The largest absolute Gasteiger partial charge is 0.360 e. The summed E-state index contributed by atoms with van der Waals surface area (Å²) in [7, 11) is -3.61. The summed E-state index contributed by atoms with van der Waals surface area (Å²) >= 11 is 0. The molecule has 0 aliphatic carbocycles. The topological polar surface area (TPSA) is 114 Å². The normalized spacial score (nSPS) is 15.5. The average Bonchev–Trinajstić information content (AvgIpc) is 2.94. The summed E-state index contributed by atoms with van der Waals surface area (Å²) in [6.45, 7) is 3.93. The average molecular weight is 386 g/mol. The Morgan fingerprint density at radius 3 is 2.63 bits per heavy atom. The lowest BCUT2D eigenvalue weighted by molar-refractivity contribution is 0.260. The summed E-state index contributed by atoms with van der Waals surface area (Å²) in [6.07, 6.45) is 3.33. The quantitative estimate of drug-likeness (QED) is 0.708. The summed E-state index contributed by atoms with van der Waals surface area (Å²) in [5.74, 6) is 1.39. The van der Waals surface area contributed by atoms with Crippen molar-refractivity contribution in [2.24, 2.45) is 0 Å². The van der Waals surface area contributed by atoms with E-state index >= 15 is 0 Å². The van der Waals surface area contributed by atoms with E-state index in [0.717, 1.165) is 5.69 Å². The van der Waals surface area contributed by atoms with Gasteiger partial charge in [0.1, 0.15) is 16.4 Å². The van der Waals surface area contributed by atoms with Crippen LogP contribution in [-0.4, -0.2) is 45.9 Å². The highest BCUT2D eigenvalue weighted by Gasteiger charge is 2.40. The molecule has 1 aliphatic rings. The maximum atomic E-state index is 12.8. The molecular weight excluding hydrogens is 368 g/mol. The maximum absolute atomic E-state index is 12.8. The Kier molecular flexibility index (Phi) is 4.36. The molecule has 1 saturated heterocycles. The number of nitrogens with zero attached hydrogens (tertiary/aromatic N) is 5. The monoisotopic (exact) mass is 386 g/mol. The molecule has 1 fully saturated rings. The third-order valence-electron chi connectivity index (χ3n) is 4.41. The van der Waals surface area contributed by atoms with Crippen LogP contribution in [0.4, 0.5) is 11.8 Å². The second-order valence-corrected chi connectivity index (χ2v) is 8.19. The predicted molar refractivity (Wildman–Crippen MR) is 97.0 cm³/mol. The maximum Gasteiger partial charge on any atom is 0.248 e. The minimum atomic E-state index is -3.61. The predicted octanol–water partition coefficient (Wildman–Crippen LogP) is 2.01. The first-order valence-corrected chi connectivity index (χ1v) is 9.83. The van der Waals surface area contributed by atoms with E-state index < -0.39 is 10.0 Å².